The van der Waals surface area contributed by atoms with Crippen molar-refractivity contribution in [1.29, 1.82) is 0 Å². The molecule has 0 aliphatic carbocycles. The van der Waals surface area contributed by atoms with Gasteiger partial charge < -0.3 is 24.8 Å². The molecule has 0 spiro atoms. The van der Waals surface area contributed by atoms with Gasteiger partial charge in [-0.3, -0.25) is 4.98 Å². The minimum absolute atomic E-state index is 0.456. The maximum atomic E-state index is 5.39. The highest BCUT2D eigenvalue weighted by Gasteiger charge is 2.14. The van der Waals surface area contributed by atoms with Crippen LogP contribution in [0.25, 0.3) is 0 Å². The van der Waals surface area contributed by atoms with Crippen LogP contribution < -0.4 is 24.8 Å². The van der Waals surface area contributed by atoms with E-state index in [0.717, 1.165) is 17.1 Å². The fourth-order valence-corrected chi connectivity index (χ4v) is 2.68. The first-order valence-electron chi connectivity index (χ1n) is 8.69. The summed E-state index contributed by atoms with van der Waals surface area (Å²) in [6.07, 6.45) is 1.76. The van der Waals surface area contributed by atoms with E-state index in [9.17, 15) is 0 Å². The van der Waals surface area contributed by atoms with Crippen molar-refractivity contribution in [2.24, 2.45) is 0 Å². The number of aromatic nitrogens is 3. The summed E-state index contributed by atoms with van der Waals surface area (Å²) in [6, 6.07) is 11.3. The fourth-order valence-electron chi connectivity index (χ4n) is 2.68. The summed E-state index contributed by atoms with van der Waals surface area (Å²) in [5.41, 5.74) is 2.47. The second-order valence-corrected chi connectivity index (χ2v) is 5.93. The van der Waals surface area contributed by atoms with Gasteiger partial charge in [-0.05, 0) is 19.1 Å². The van der Waals surface area contributed by atoms with Crippen molar-refractivity contribution in [3.05, 3.63) is 54.0 Å². The van der Waals surface area contributed by atoms with E-state index in [1.165, 1.54) is 0 Å². The van der Waals surface area contributed by atoms with Crippen LogP contribution in [0.3, 0.4) is 0 Å². The molecule has 3 aromatic rings. The Morgan fingerprint density at radius 2 is 1.68 bits per heavy atom. The predicted octanol–water partition coefficient (Wildman–Crippen LogP) is 3.56. The highest BCUT2D eigenvalue weighted by atomic mass is 16.5. The molecule has 1 aromatic carbocycles. The molecule has 0 saturated heterocycles. The molecule has 8 nitrogen and oxygen atoms in total. The number of hydrogen-bond acceptors (Lipinski definition) is 8. The monoisotopic (exact) mass is 381 g/mol. The lowest BCUT2D eigenvalue weighted by atomic mass is 10.2. The summed E-state index contributed by atoms with van der Waals surface area (Å²) in [5, 5.41) is 6.46. The van der Waals surface area contributed by atoms with Crippen LogP contribution in [0, 0.1) is 6.92 Å². The van der Waals surface area contributed by atoms with Crippen molar-refractivity contribution >= 4 is 17.5 Å². The lowest BCUT2D eigenvalue weighted by molar-refractivity contribution is 0.324. The van der Waals surface area contributed by atoms with E-state index in [1.54, 1.807) is 39.7 Å². The molecule has 0 amide bonds. The van der Waals surface area contributed by atoms with Crippen LogP contribution in [0.15, 0.2) is 42.6 Å². The van der Waals surface area contributed by atoms with Gasteiger partial charge in [0.25, 0.3) is 0 Å². The second kappa shape index (κ2) is 8.90. The lowest BCUT2D eigenvalue weighted by Gasteiger charge is -2.15. The molecule has 146 valence electrons. The van der Waals surface area contributed by atoms with Crippen LogP contribution in [0.1, 0.15) is 11.4 Å². The first-order valence-corrected chi connectivity index (χ1v) is 8.69. The van der Waals surface area contributed by atoms with Crippen molar-refractivity contribution in [2.45, 2.75) is 13.5 Å². The van der Waals surface area contributed by atoms with Crippen molar-refractivity contribution in [1.82, 2.24) is 15.0 Å². The van der Waals surface area contributed by atoms with E-state index in [-0.39, 0.29) is 0 Å². The van der Waals surface area contributed by atoms with Crippen molar-refractivity contribution in [3.63, 3.8) is 0 Å². The predicted molar refractivity (Wildman–Crippen MR) is 108 cm³/mol. The third-order valence-corrected chi connectivity index (χ3v) is 3.95. The maximum absolute atomic E-state index is 5.39. The zero-order chi connectivity index (χ0) is 19.9. The average molecular weight is 381 g/mol. The summed E-state index contributed by atoms with van der Waals surface area (Å²) in [5.74, 6) is 2.78. The summed E-state index contributed by atoms with van der Waals surface area (Å²) < 4.78 is 16.1. The van der Waals surface area contributed by atoms with E-state index in [2.05, 4.69) is 25.6 Å². The summed E-state index contributed by atoms with van der Waals surface area (Å²) >= 11 is 0. The molecule has 3 rings (SSSR count). The molecule has 8 heteroatoms. The molecular formula is C20H23N5O3. The van der Waals surface area contributed by atoms with E-state index >= 15 is 0 Å². The normalized spacial score (nSPS) is 10.3. The van der Waals surface area contributed by atoms with Crippen molar-refractivity contribution in [2.75, 3.05) is 32.0 Å². The molecule has 0 fully saturated rings. The highest BCUT2D eigenvalue weighted by molar-refractivity contribution is 5.66. The van der Waals surface area contributed by atoms with E-state index in [0.29, 0.717) is 35.6 Å². The number of benzene rings is 1. The summed E-state index contributed by atoms with van der Waals surface area (Å²) in [4.78, 5) is 13.3. The topological polar surface area (TPSA) is 90.4 Å². The van der Waals surface area contributed by atoms with Gasteiger partial charge >= 0.3 is 0 Å². The fraction of sp³-hybridized carbons (Fsp3) is 0.250. The molecular weight excluding hydrogens is 358 g/mol. The Hall–Kier alpha value is -3.55. The molecule has 0 aliphatic heterocycles. The van der Waals surface area contributed by atoms with Gasteiger partial charge in [0.05, 0.1) is 33.6 Å². The third kappa shape index (κ3) is 4.59. The molecule has 0 unspecified atom stereocenters. The Kier molecular flexibility index (Phi) is 6.11. The van der Waals surface area contributed by atoms with Crippen molar-refractivity contribution < 1.29 is 14.2 Å². The van der Waals surface area contributed by atoms with Crippen LogP contribution >= 0.6 is 0 Å². The SMILES string of the molecule is COc1cc(Nc2nc(C)cc(NCc3ccccn3)n2)cc(OC)c1OC. The number of nitrogens with one attached hydrogen (secondary N) is 2. The molecule has 0 aliphatic rings. The van der Waals surface area contributed by atoms with Crippen LogP contribution in [-0.2, 0) is 6.54 Å². The highest BCUT2D eigenvalue weighted by Crippen LogP contribution is 2.40. The van der Waals surface area contributed by atoms with Gasteiger partial charge in [-0.25, -0.2) is 4.98 Å². The number of methoxy groups -OCH3 is 3. The number of aryl methyl sites for hydroxylation is 1. The molecule has 2 N–H and O–H groups in total. The van der Waals surface area contributed by atoms with Gasteiger partial charge in [-0.15, -0.1) is 0 Å². The molecule has 2 aromatic heterocycles. The van der Waals surface area contributed by atoms with Crippen LogP contribution in [-0.4, -0.2) is 36.3 Å². The van der Waals surface area contributed by atoms with Crippen LogP contribution in [0.4, 0.5) is 17.5 Å². The zero-order valence-electron chi connectivity index (χ0n) is 16.3. The first-order chi connectivity index (χ1) is 13.6. The largest absolute Gasteiger partial charge is 0.493 e. The number of rotatable bonds is 8. The molecule has 0 radical (unpaired) electrons. The minimum Gasteiger partial charge on any atom is -0.493 e. The molecule has 0 bridgehead atoms. The van der Waals surface area contributed by atoms with Gasteiger partial charge in [-0.2, -0.15) is 4.98 Å². The Morgan fingerprint density at radius 3 is 2.29 bits per heavy atom. The van der Waals surface area contributed by atoms with E-state index in [1.807, 2.05) is 31.2 Å². The van der Waals surface area contributed by atoms with Gasteiger partial charge in [0.1, 0.15) is 5.82 Å². The van der Waals surface area contributed by atoms with Crippen LogP contribution in [0.2, 0.25) is 0 Å². The van der Waals surface area contributed by atoms with E-state index in [4.69, 9.17) is 14.2 Å². The average Bonchev–Trinajstić information content (AvgIpc) is 2.71. The smallest absolute Gasteiger partial charge is 0.229 e. The molecule has 0 saturated carbocycles. The van der Waals surface area contributed by atoms with Gasteiger partial charge in [-0.1, -0.05) is 6.07 Å². The standard InChI is InChI=1S/C20H23N5O3/c1-13-9-18(22-12-14-7-5-6-8-21-14)25-20(23-13)24-15-10-16(26-2)19(28-4)17(11-15)27-3/h5-11H,12H2,1-4H3,(H2,22,23,24,25). The Balaban J connectivity index is 1.81. The van der Waals surface area contributed by atoms with Gasteiger partial charge in [0, 0.05) is 35.8 Å². The Labute approximate surface area is 163 Å². The second-order valence-electron chi connectivity index (χ2n) is 5.93. The maximum Gasteiger partial charge on any atom is 0.229 e. The third-order valence-electron chi connectivity index (χ3n) is 3.95. The van der Waals surface area contributed by atoms with Crippen LogP contribution in [0.5, 0.6) is 17.2 Å². The Bertz CT molecular complexity index is 909. The minimum atomic E-state index is 0.456. The van der Waals surface area contributed by atoms with E-state index < -0.39 is 0 Å². The van der Waals surface area contributed by atoms with Gasteiger partial charge in [0.15, 0.2) is 11.5 Å². The van der Waals surface area contributed by atoms with Gasteiger partial charge in [0.2, 0.25) is 11.7 Å². The number of nitrogens with zero attached hydrogens (tertiary/aromatic N) is 3. The number of hydrogen-bond donors (Lipinski definition) is 2. The summed E-state index contributed by atoms with van der Waals surface area (Å²) in [7, 11) is 4.71. The molecule has 2 heterocycles. The number of ether oxygens (including phenoxy) is 3. The lowest BCUT2D eigenvalue weighted by Crippen LogP contribution is -2.06. The Morgan fingerprint density at radius 1 is 0.929 bits per heavy atom. The van der Waals surface area contributed by atoms with Crippen molar-refractivity contribution in [3.8, 4) is 17.2 Å². The first kappa shape index (κ1) is 19.2. The number of pyridine rings is 1. The quantitative estimate of drug-likeness (QED) is 0.612. The summed E-state index contributed by atoms with van der Waals surface area (Å²) in [6.45, 7) is 2.48. The number of anilines is 3. The molecule has 28 heavy (non-hydrogen) atoms. The zero-order valence-corrected chi connectivity index (χ0v) is 16.3. The molecule has 0 atom stereocenters.